The highest BCUT2D eigenvalue weighted by Crippen LogP contribution is 2.14. The molecule has 1 rings (SSSR count). The minimum Gasteiger partial charge on any atom is -0.468 e. The third-order valence-electron chi connectivity index (χ3n) is 4.16. The number of hydrogen-bond acceptors (Lipinski definition) is 5. The van der Waals surface area contributed by atoms with Gasteiger partial charge in [0.2, 0.25) is 0 Å². The lowest BCUT2D eigenvalue weighted by atomic mass is 9.97. The van der Waals surface area contributed by atoms with E-state index in [0.29, 0.717) is 6.04 Å². The van der Waals surface area contributed by atoms with Crippen molar-refractivity contribution in [1.82, 2.24) is 15.1 Å². The van der Waals surface area contributed by atoms with Crippen molar-refractivity contribution in [2.75, 3.05) is 47.4 Å². The van der Waals surface area contributed by atoms with E-state index in [0.717, 1.165) is 32.6 Å². The summed E-state index contributed by atoms with van der Waals surface area (Å²) in [6.45, 7) is 8.29. The van der Waals surface area contributed by atoms with Crippen LogP contribution in [0.5, 0.6) is 0 Å². The molecule has 1 aliphatic heterocycles. The number of nitrogens with one attached hydrogen (secondary N) is 1. The monoisotopic (exact) mass is 257 g/mol. The first kappa shape index (κ1) is 15.4. The topological polar surface area (TPSA) is 44.8 Å². The first-order valence-corrected chi connectivity index (χ1v) is 6.63. The van der Waals surface area contributed by atoms with Crippen LogP contribution >= 0.6 is 0 Å². The molecular weight excluding hydrogens is 230 g/mol. The van der Waals surface area contributed by atoms with Gasteiger partial charge in [0.1, 0.15) is 5.54 Å². The number of carbonyl (C=O) groups is 1. The normalized spacial score (nSPS) is 25.7. The van der Waals surface area contributed by atoms with Crippen molar-refractivity contribution < 1.29 is 9.53 Å². The van der Waals surface area contributed by atoms with E-state index < -0.39 is 5.54 Å². The second-order valence-electron chi connectivity index (χ2n) is 5.45. The van der Waals surface area contributed by atoms with Crippen LogP contribution < -0.4 is 5.32 Å². The van der Waals surface area contributed by atoms with Crippen molar-refractivity contribution in [3.8, 4) is 0 Å². The maximum absolute atomic E-state index is 11.7. The van der Waals surface area contributed by atoms with Crippen LogP contribution in [0.15, 0.2) is 0 Å². The molecule has 0 spiro atoms. The molecule has 5 nitrogen and oxygen atoms in total. The van der Waals surface area contributed by atoms with Crippen molar-refractivity contribution in [1.29, 1.82) is 0 Å². The molecule has 1 heterocycles. The Morgan fingerprint density at radius 2 is 2.17 bits per heavy atom. The Morgan fingerprint density at radius 3 is 2.67 bits per heavy atom. The summed E-state index contributed by atoms with van der Waals surface area (Å²) in [5.41, 5.74) is -0.582. The van der Waals surface area contributed by atoms with E-state index in [4.69, 9.17) is 4.74 Å². The highest BCUT2D eigenvalue weighted by molar-refractivity contribution is 5.80. The van der Waals surface area contributed by atoms with Crippen LogP contribution in [-0.4, -0.2) is 74.7 Å². The van der Waals surface area contributed by atoms with Gasteiger partial charge in [0.25, 0.3) is 0 Å². The van der Waals surface area contributed by atoms with Crippen molar-refractivity contribution in [3.05, 3.63) is 0 Å². The minimum absolute atomic E-state index is 0.188. The van der Waals surface area contributed by atoms with Gasteiger partial charge in [-0.1, -0.05) is 0 Å². The van der Waals surface area contributed by atoms with E-state index in [-0.39, 0.29) is 5.97 Å². The van der Waals surface area contributed by atoms with E-state index >= 15 is 0 Å². The molecule has 0 aliphatic carbocycles. The second-order valence-corrected chi connectivity index (χ2v) is 5.45. The molecule has 0 aromatic heterocycles. The number of piperazine rings is 1. The Bertz CT molecular complexity index is 285. The molecule has 1 aliphatic rings. The van der Waals surface area contributed by atoms with Crippen LogP contribution in [0.3, 0.4) is 0 Å². The molecule has 1 saturated heterocycles. The molecule has 2 unspecified atom stereocenters. The lowest BCUT2D eigenvalue weighted by Gasteiger charge is -2.39. The van der Waals surface area contributed by atoms with E-state index in [2.05, 4.69) is 29.1 Å². The van der Waals surface area contributed by atoms with Gasteiger partial charge in [-0.3, -0.25) is 4.79 Å². The van der Waals surface area contributed by atoms with Crippen molar-refractivity contribution in [2.24, 2.45) is 0 Å². The van der Waals surface area contributed by atoms with Gasteiger partial charge in [-0.25, -0.2) is 0 Å². The van der Waals surface area contributed by atoms with E-state index in [9.17, 15) is 4.79 Å². The molecule has 0 bridgehead atoms. The maximum Gasteiger partial charge on any atom is 0.325 e. The number of carbonyl (C=O) groups excluding carboxylic acids is 1. The van der Waals surface area contributed by atoms with Crippen LogP contribution in [0.2, 0.25) is 0 Å². The Morgan fingerprint density at radius 1 is 1.50 bits per heavy atom. The lowest BCUT2D eigenvalue weighted by Crippen LogP contribution is -2.54. The summed E-state index contributed by atoms with van der Waals surface area (Å²) in [6, 6.07) is 0.581. The first-order chi connectivity index (χ1) is 8.42. The summed E-state index contributed by atoms with van der Waals surface area (Å²) in [4.78, 5) is 16.5. The summed E-state index contributed by atoms with van der Waals surface area (Å²) in [7, 11) is 5.41. The predicted molar refractivity (Wildman–Crippen MR) is 72.6 cm³/mol. The van der Waals surface area contributed by atoms with Gasteiger partial charge in [-0.05, 0) is 34.4 Å². The molecule has 1 N–H and O–H groups in total. The average molecular weight is 257 g/mol. The smallest absolute Gasteiger partial charge is 0.325 e. The molecule has 0 saturated carbocycles. The zero-order valence-corrected chi connectivity index (χ0v) is 12.3. The fraction of sp³-hybridized carbons (Fsp3) is 0.923. The number of methoxy groups -OCH3 is 1. The van der Waals surface area contributed by atoms with E-state index in [1.165, 1.54) is 7.11 Å². The molecule has 106 valence electrons. The van der Waals surface area contributed by atoms with Gasteiger partial charge in [-0.2, -0.15) is 0 Å². The summed E-state index contributed by atoms with van der Waals surface area (Å²) in [5.74, 6) is -0.188. The molecule has 18 heavy (non-hydrogen) atoms. The Kier molecular flexibility index (Phi) is 5.56. The minimum atomic E-state index is -0.582. The maximum atomic E-state index is 11.7. The van der Waals surface area contributed by atoms with E-state index in [1.807, 2.05) is 14.0 Å². The summed E-state index contributed by atoms with van der Waals surface area (Å²) in [5, 5.41) is 3.08. The van der Waals surface area contributed by atoms with Gasteiger partial charge in [-0.15, -0.1) is 0 Å². The fourth-order valence-electron chi connectivity index (χ4n) is 2.26. The van der Waals surface area contributed by atoms with Crippen LogP contribution in [0.4, 0.5) is 0 Å². The number of esters is 1. The molecule has 2 atom stereocenters. The third kappa shape index (κ3) is 3.67. The largest absolute Gasteiger partial charge is 0.468 e. The average Bonchev–Trinajstić information content (AvgIpc) is 2.38. The molecule has 5 heteroatoms. The highest BCUT2D eigenvalue weighted by Gasteiger charge is 2.33. The number of hydrogen-bond donors (Lipinski definition) is 1. The SMILES string of the molecule is CNC(C)(CCN1CCN(C)C(C)C1)C(=O)OC. The quantitative estimate of drug-likeness (QED) is 0.711. The van der Waals surface area contributed by atoms with Crippen LogP contribution in [0, 0.1) is 0 Å². The standard InChI is InChI=1S/C13H27N3O2/c1-11-10-16(9-8-15(11)4)7-6-13(2,14-3)12(17)18-5/h11,14H,6-10H2,1-5H3. The van der Waals surface area contributed by atoms with Crippen LogP contribution in [-0.2, 0) is 9.53 Å². The zero-order chi connectivity index (χ0) is 13.8. The molecule has 0 radical (unpaired) electrons. The Labute approximate surface area is 110 Å². The molecular formula is C13H27N3O2. The van der Waals surface area contributed by atoms with Crippen LogP contribution in [0.25, 0.3) is 0 Å². The predicted octanol–water partition coefficient (Wildman–Crippen LogP) is 0.164. The van der Waals surface area contributed by atoms with Gasteiger partial charge in [0, 0.05) is 32.2 Å². The highest BCUT2D eigenvalue weighted by atomic mass is 16.5. The Hall–Kier alpha value is -0.650. The molecule has 0 aromatic rings. The molecule has 0 amide bonds. The zero-order valence-electron chi connectivity index (χ0n) is 12.3. The summed E-state index contributed by atoms with van der Waals surface area (Å²) >= 11 is 0. The summed E-state index contributed by atoms with van der Waals surface area (Å²) < 4.78 is 4.86. The third-order valence-corrected chi connectivity index (χ3v) is 4.16. The number of likely N-dealkylation sites (N-methyl/N-ethyl adjacent to an activating group) is 2. The van der Waals surface area contributed by atoms with Gasteiger partial charge in [0.05, 0.1) is 7.11 Å². The summed E-state index contributed by atoms with van der Waals surface area (Å²) in [6.07, 6.45) is 0.770. The van der Waals surface area contributed by atoms with Gasteiger partial charge >= 0.3 is 5.97 Å². The molecule has 0 aromatic carbocycles. The number of nitrogens with zero attached hydrogens (tertiary/aromatic N) is 2. The number of rotatable bonds is 5. The first-order valence-electron chi connectivity index (χ1n) is 6.63. The second kappa shape index (κ2) is 6.50. The number of ether oxygens (including phenoxy) is 1. The van der Waals surface area contributed by atoms with Gasteiger partial charge < -0.3 is 19.9 Å². The fourth-order valence-corrected chi connectivity index (χ4v) is 2.26. The van der Waals surface area contributed by atoms with Gasteiger partial charge in [0.15, 0.2) is 0 Å². The van der Waals surface area contributed by atoms with Crippen molar-refractivity contribution in [3.63, 3.8) is 0 Å². The lowest BCUT2D eigenvalue weighted by molar-refractivity contribution is -0.148. The Balaban J connectivity index is 2.46. The molecule has 1 fully saturated rings. The van der Waals surface area contributed by atoms with Crippen molar-refractivity contribution in [2.45, 2.75) is 31.8 Å². The van der Waals surface area contributed by atoms with Crippen molar-refractivity contribution >= 4 is 5.97 Å². The van der Waals surface area contributed by atoms with E-state index in [1.54, 1.807) is 0 Å². The van der Waals surface area contributed by atoms with Crippen LogP contribution in [0.1, 0.15) is 20.3 Å².